The van der Waals surface area contributed by atoms with Gasteiger partial charge >= 0.3 is 0 Å². The molecule has 6 heteroatoms. The van der Waals surface area contributed by atoms with E-state index in [2.05, 4.69) is 25.7 Å². The number of nitrogens with one attached hydrogen (secondary N) is 2. The Balaban J connectivity index is 1.96. The van der Waals surface area contributed by atoms with Crippen molar-refractivity contribution in [1.82, 2.24) is 19.7 Å². The van der Waals surface area contributed by atoms with Crippen LogP contribution in [0.3, 0.4) is 0 Å². The minimum atomic E-state index is 0.693. The molecule has 6 nitrogen and oxygen atoms in total. The van der Waals surface area contributed by atoms with Crippen LogP contribution >= 0.6 is 0 Å². The topological polar surface area (TPSA) is 67.7 Å². The SMILES string of the molecule is CCNc1cncc(NCc2cnn(C)c2)n1. The maximum atomic E-state index is 4.37. The molecule has 0 aromatic carbocycles. The third-order valence-electron chi connectivity index (χ3n) is 2.22. The molecule has 0 aliphatic heterocycles. The lowest BCUT2D eigenvalue weighted by Crippen LogP contribution is -2.05. The number of hydrogen-bond acceptors (Lipinski definition) is 5. The summed E-state index contributed by atoms with van der Waals surface area (Å²) >= 11 is 0. The molecule has 0 aliphatic rings. The van der Waals surface area contributed by atoms with Crippen molar-refractivity contribution in [3.8, 4) is 0 Å². The van der Waals surface area contributed by atoms with Gasteiger partial charge in [-0.05, 0) is 6.92 Å². The second kappa shape index (κ2) is 5.29. The standard InChI is InChI=1S/C11H16N6/c1-3-13-10-6-12-7-11(16-10)14-4-9-5-15-17(2)8-9/h5-8H,3-4H2,1-2H3,(H2,13,14,16). The lowest BCUT2D eigenvalue weighted by atomic mass is 10.3. The molecule has 0 spiro atoms. The molecule has 17 heavy (non-hydrogen) atoms. The summed E-state index contributed by atoms with van der Waals surface area (Å²) in [5.74, 6) is 1.54. The van der Waals surface area contributed by atoms with E-state index in [1.54, 1.807) is 17.1 Å². The molecule has 0 saturated carbocycles. The molecule has 2 rings (SSSR count). The van der Waals surface area contributed by atoms with Gasteiger partial charge in [0.2, 0.25) is 0 Å². The van der Waals surface area contributed by atoms with Crippen molar-refractivity contribution < 1.29 is 0 Å². The van der Waals surface area contributed by atoms with Crippen LogP contribution < -0.4 is 10.6 Å². The molecule has 0 atom stereocenters. The van der Waals surface area contributed by atoms with Crippen molar-refractivity contribution in [2.75, 3.05) is 17.2 Å². The summed E-state index contributed by atoms with van der Waals surface area (Å²) in [6, 6.07) is 0. The molecule has 0 radical (unpaired) electrons. The summed E-state index contributed by atoms with van der Waals surface area (Å²) in [5.41, 5.74) is 1.11. The first-order valence-electron chi connectivity index (χ1n) is 5.55. The number of nitrogens with zero attached hydrogens (tertiary/aromatic N) is 4. The average Bonchev–Trinajstić information content (AvgIpc) is 2.74. The van der Waals surface area contributed by atoms with Gasteiger partial charge in [-0.1, -0.05) is 0 Å². The Bertz CT molecular complexity index is 478. The monoisotopic (exact) mass is 232 g/mol. The smallest absolute Gasteiger partial charge is 0.147 e. The van der Waals surface area contributed by atoms with Gasteiger partial charge in [0.1, 0.15) is 11.6 Å². The number of hydrogen-bond donors (Lipinski definition) is 2. The fraction of sp³-hybridized carbons (Fsp3) is 0.364. The van der Waals surface area contributed by atoms with Crippen LogP contribution in [-0.4, -0.2) is 26.3 Å². The van der Waals surface area contributed by atoms with Crippen LogP contribution in [0.15, 0.2) is 24.8 Å². The summed E-state index contributed by atoms with van der Waals surface area (Å²) in [5, 5.41) is 10.4. The molecule has 0 amide bonds. The summed E-state index contributed by atoms with van der Waals surface area (Å²) in [6.07, 6.45) is 7.21. The highest BCUT2D eigenvalue weighted by molar-refractivity contribution is 5.41. The predicted molar refractivity (Wildman–Crippen MR) is 66.7 cm³/mol. The molecule has 2 N–H and O–H groups in total. The zero-order chi connectivity index (χ0) is 12.1. The molecule has 0 saturated heterocycles. The summed E-state index contributed by atoms with van der Waals surface area (Å²) in [6.45, 7) is 3.55. The molecular weight excluding hydrogens is 216 g/mol. The van der Waals surface area contributed by atoms with E-state index in [-0.39, 0.29) is 0 Å². The summed E-state index contributed by atoms with van der Waals surface area (Å²) < 4.78 is 1.78. The Hall–Kier alpha value is -2.11. The normalized spacial score (nSPS) is 10.2. The Morgan fingerprint density at radius 2 is 1.94 bits per heavy atom. The van der Waals surface area contributed by atoms with Gasteiger partial charge in [-0.2, -0.15) is 5.10 Å². The van der Waals surface area contributed by atoms with Gasteiger partial charge in [0.05, 0.1) is 18.6 Å². The zero-order valence-electron chi connectivity index (χ0n) is 10.0. The molecule has 0 fully saturated rings. The maximum Gasteiger partial charge on any atom is 0.147 e. The molecule has 2 heterocycles. The Morgan fingerprint density at radius 3 is 2.59 bits per heavy atom. The molecule has 0 aliphatic carbocycles. The Morgan fingerprint density at radius 1 is 1.18 bits per heavy atom. The van der Waals surface area contributed by atoms with E-state index in [1.165, 1.54) is 0 Å². The number of aryl methyl sites for hydroxylation is 1. The van der Waals surface area contributed by atoms with Crippen LogP contribution in [-0.2, 0) is 13.6 Å². The zero-order valence-corrected chi connectivity index (χ0v) is 10.0. The van der Waals surface area contributed by atoms with E-state index >= 15 is 0 Å². The fourth-order valence-corrected chi connectivity index (χ4v) is 1.47. The van der Waals surface area contributed by atoms with Crippen molar-refractivity contribution in [3.63, 3.8) is 0 Å². The van der Waals surface area contributed by atoms with Gasteiger partial charge in [0.15, 0.2) is 0 Å². The van der Waals surface area contributed by atoms with Crippen LogP contribution in [0.5, 0.6) is 0 Å². The van der Waals surface area contributed by atoms with Crippen molar-refractivity contribution >= 4 is 11.6 Å². The highest BCUT2D eigenvalue weighted by Gasteiger charge is 1.99. The van der Waals surface area contributed by atoms with Gasteiger partial charge in [0.25, 0.3) is 0 Å². The van der Waals surface area contributed by atoms with E-state index in [1.807, 2.05) is 26.4 Å². The molecule has 0 unspecified atom stereocenters. The molecular formula is C11H16N6. The first-order chi connectivity index (χ1) is 8.28. The minimum Gasteiger partial charge on any atom is -0.369 e. The summed E-state index contributed by atoms with van der Waals surface area (Å²) in [7, 11) is 1.90. The van der Waals surface area contributed by atoms with E-state index < -0.39 is 0 Å². The van der Waals surface area contributed by atoms with E-state index in [0.29, 0.717) is 6.54 Å². The van der Waals surface area contributed by atoms with Crippen LogP contribution in [0.1, 0.15) is 12.5 Å². The average molecular weight is 232 g/mol. The third-order valence-corrected chi connectivity index (χ3v) is 2.22. The van der Waals surface area contributed by atoms with Gasteiger partial charge < -0.3 is 10.6 Å². The second-order valence-electron chi connectivity index (χ2n) is 3.70. The lowest BCUT2D eigenvalue weighted by Gasteiger charge is -2.06. The minimum absolute atomic E-state index is 0.693. The Labute approximate surface area is 100 Å². The lowest BCUT2D eigenvalue weighted by molar-refractivity contribution is 0.767. The largest absolute Gasteiger partial charge is 0.369 e. The number of rotatable bonds is 5. The highest BCUT2D eigenvalue weighted by atomic mass is 15.2. The van der Waals surface area contributed by atoms with Gasteiger partial charge in [-0.3, -0.25) is 9.67 Å². The molecule has 2 aromatic heterocycles. The quantitative estimate of drug-likeness (QED) is 0.812. The van der Waals surface area contributed by atoms with Crippen LogP contribution in [0.4, 0.5) is 11.6 Å². The number of aromatic nitrogens is 4. The van der Waals surface area contributed by atoms with Crippen LogP contribution in [0.25, 0.3) is 0 Å². The van der Waals surface area contributed by atoms with Gasteiger partial charge in [-0.25, -0.2) is 4.98 Å². The number of anilines is 2. The van der Waals surface area contributed by atoms with Crippen molar-refractivity contribution in [3.05, 3.63) is 30.4 Å². The molecule has 2 aromatic rings. The second-order valence-corrected chi connectivity index (χ2v) is 3.70. The first-order valence-corrected chi connectivity index (χ1v) is 5.55. The maximum absolute atomic E-state index is 4.37. The fourth-order valence-electron chi connectivity index (χ4n) is 1.47. The van der Waals surface area contributed by atoms with Crippen LogP contribution in [0.2, 0.25) is 0 Å². The van der Waals surface area contributed by atoms with Crippen molar-refractivity contribution in [2.24, 2.45) is 7.05 Å². The molecule has 0 bridgehead atoms. The highest BCUT2D eigenvalue weighted by Crippen LogP contribution is 2.08. The van der Waals surface area contributed by atoms with Gasteiger partial charge in [0, 0.05) is 31.9 Å². The molecule has 90 valence electrons. The van der Waals surface area contributed by atoms with E-state index in [0.717, 1.165) is 23.7 Å². The first kappa shape index (κ1) is 11.4. The summed E-state index contributed by atoms with van der Waals surface area (Å²) in [4.78, 5) is 8.48. The predicted octanol–water partition coefficient (Wildman–Crippen LogP) is 1.25. The van der Waals surface area contributed by atoms with E-state index in [4.69, 9.17) is 0 Å². The van der Waals surface area contributed by atoms with Gasteiger partial charge in [-0.15, -0.1) is 0 Å². The third kappa shape index (κ3) is 3.17. The van der Waals surface area contributed by atoms with Crippen molar-refractivity contribution in [1.29, 1.82) is 0 Å². The van der Waals surface area contributed by atoms with Crippen molar-refractivity contribution in [2.45, 2.75) is 13.5 Å². The van der Waals surface area contributed by atoms with E-state index in [9.17, 15) is 0 Å². The Kier molecular flexibility index (Phi) is 3.54. The van der Waals surface area contributed by atoms with Crippen LogP contribution in [0, 0.1) is 0 Å².